The lowest BCUT2D eigenvalue weighted by atomic mass is 10.00. The number of carbonyl (C=O) groups excluding carboxylic acids is 1. The van der Waals surface area contributed by atoms with Gasteiger partial charge in [-0.25, -0.2) is 0 Å². The fourth-order valence-corrected chi connectivity index (χ4v) is 2.64. The van der Waals surface area contributed by atoms with Crippen molar-refractivity contribution < 1.29 is 9.53 Å². The van der Waals surface area contributed by atoms with Crippen molar-refractivity contribution in [3.05, 3.63) is 24.0 Å². The van der Waals surface area contributed by atoms with Crippen LogP contribution in [-0.4, -0.2) is 49.1 Å². The van der Waals surface area contributed by atoms with Crippen LogP contribution >= 0.6 is 0 Å². The molecular weight excluding hydrogens is 266 g/mol. The van der Waals surface area contributed by atoms with E-state index in [2.05, 4.69) is 17.2 Å². The molecule has 0 radical (unpaired) electrons. The highest BCUT2D eigenvalue weighted by Gasteiger charge is 2.22. The van der Waals surface area contributed by atoms with Gasteiger partial charge in [-0.05, 0) is 37.3 Å². The molecule has 1 fully saturated rings. The number of methoxy groups -OCH3 is 1. The quantitative estimate of drug-likeness (QED) is 0.818. The van der Waals surface area contributed by atoms with Crippen molar-refractivity contribution in [2.24, 2.45) is 5.92 Å². The Morgan fingerprint density at radius 3 is 3.19 bits per heavy atom. The van der Waals surface area contributed by atoms with Crippen molar-refractivity contribution in [1.82, 2.24) is 9.88 Å². The van der Waals surface area contributed by atoms with E-state index in [1.807, 2.05) is 17.0 Å². The number of carbonyl (C=O) groups is 1. The number of nitrogens with zero attached hydrogens (tertiary/aromatic N) is 2. The highest BCUT2D eigenvalue weighted by atomic mass is 16.5. The number of ether oxygens (including phenoxy) is 1. The lowest BCUT2D eigenvalue weighted by Crippen LogP contribution is -2.39. The van der Waals surface area contributed by atoms with Crippen LogP contribution in [0.25, 0.3) is 0 Å². The van der Waals surface area contributed by atoms with E-state index in [1.165, 1.54) is 6.42 Å². The van der Waals surface area contributed by atoms with E-state index in [0.717, 1.165) is 44.8 Å². The third-order valence-electron chi connectivity index (χ3n) is 3.78. The van der Waals surface area contributed by atoms with Gasteiger partial charge in [0.05, 0.1) is 0 Å². The summed E-state index contributed by atoms with van der Waals surface area (Å²) in [6, 6.07) is 3.73. The second-order valence-corrected chi connectivity index (χ2v) is 5.70. The highest BCUT2D eigenvalue weighted by Crippen LogP contribution is 2.18. The molecule has 1 aliphatic rings. The largest absolute Gasteiger partial charge is 0.385 e. The fourth-order valence-electron chi connectivity index (χ4n) is 2.64. The van der Waals surface area contributed by atoms with Gasteiger partial charge in [0, 0.05) is 45.2 Å². The molecule has 5 heteroatoms. The van der Waals surface area contributed by atoms with E-state index in [0.29, 0.717) is 11.6 Å². The SMILES string of the molecule is COCCCNc1ccnc(C(=O)N2CCCC(C)C2)c1. The Bertz CT molecular complexity index is 465. The van der Waals surface area contributed by atoms with E-state index < -0.39 is 0 Å². The summed E-state index contributed by atoms with van der Waals surface area (Å²) in [5, 5.41) is 3.30. The van der Waals surface area contributed by atoms with Crippen LogP contribution in [-0.2, 0) is 4.74 Å². The molecule has 1 aromatic heterocycles. The van der Waals surface area contributed by atoms with Crippen LogP contribution in [0.4, 0.5) is 5.69 Å². The number of rotatable bonds is 6. The van der Waals surface area contributed by atoms with Crippen molar-refractivity contribution in [2.75, 3.05) is 38.7 Å². The van der Waals surface area contributed by atoms with Gasteiger partial charge in [0.25, 0.3) is 5.91 Å². The number of anilines is 1. The minimum atomic E-state index is 0.0436. The monoisotopic (exact) mass is 291 g/mol. The summed E-state index contributed by atoms with van der Waals surface area (Å²) in [4.78, 5) is 18.6. The molecule has 0 aromatic carbocycles. The average Bonchev–Trinajstić information content (AvgIpc) is 2.51. The smallest absolute Gasteiger partial charge is 0.272 e. The van der Waals surface area contributed by atoms with Gasteiger partial charge in [0.15, 0.2) is 0 Å². The standard InChI is InChI=1S/C16H25N3O2/c1-13-5-3-9-19(12-13)16(20)15-11-14(6-8-18-15)17-7-4-10-21-2/h6,8,11,13H,3-5,7,9-10,12H2,1-2H3,(H,17,18). The summed E-state index contributed by atoms with van der Waals surface area (Å²) in [5.74, 6) is 0.625. The molecule has 2 rings (SSSR count). The molecule has 0 saturated carbocycles. The summed E-state index contributed by atoms with van der Waals surface area (Å²) in [6.07, 6.45) is 4.92. The minimum Gasteiger partial charge on any atom is -0.385 e. The molecule has 1 atom stereocenters. The first-order valence-electron chi connectivity index (χ1n) is 7.69. The normalized spacial score (nSPS) is 18.6. The first-order chi connectivity index (χ1) is 10.2. The number of piperidine rings is 1. The molecule has 1 aromatic rings. The maximum absolute atomic E-state index is 12.5. The van der Waals surface area contributed by atoms with Gasteiger partial charge in [-0.2, -0.15) is 0 Å². The fraction of sp³-hybridized carbons (Fsp3) is 0.625. The van der Waals surface area contributed by atoms with E-state index in [4.69, 9.17) is 4.74 Å². The Labute approximate surface area is 126 Å². The Morgan fingerprint density at radius 1 is 1.57 bits per heavy atom. The minimum absolute atomic E-state index is 0.0436. The molecule has 0 bridgehead atoms. The predicted molar refractivity (Wildman–Crippen MR) is 83.5 cm³/mol. The lowest BCUT2D eigenvalue weighted by Gasteiger charge is -2.30. The second-order valence-electron chi connectivity index (χ2n) is 5.70. The van der Waals surface area contributed by atoms with Crippen LogP contribution in [0.5, 0.6) is 0 Å². The van der Waals surface area contributed by atoms with E-state index in [1.54, 1.807) is 13.3 Å². The van der Waals surface area contributed by atoms with Crippen molar-refractivity contribution in [1.29, 1.82) is 0 Å². The number of likely N-dealkylation sites (tertiary alicyclic amines) is 1. The summed E-state index contributed by atoms with van der Waals surface area (Å²) >= 11 is 0. The molecule has 116 valence electrons. The zero-order valence-corrected chi connectivity index (χ0v) is 13.0. The highest BCUT2D eigenvalue weighted by molar-refractivity contribution is 5.93. The van der Waals surface area contributed by atoms with Crippen LogP contribution in [0.15, 0.2) is 18.3 Å². The molecule has 0 spiro atoms. The number of hydrogen-bond acceptors (Lipinski definition) is 4. The number of aromatic nitrogens is 1. The van der Waals surface area contributed by atoms with E-state index in [-0.39, 0.29) is 5.91 Å². The van der Waals surface area contributed by atoms with Gasteiger partial charge >= 0.3 is 0 Å². The molecule has 1 amide bonds. The third-order valence-corrected chi connectivity index (χ3v) is 3.78. The Hall–Kier alpha value is -1.62. The maximum atomic E-state index is 12.5. The zero-order valence-electron chi connectivity index (χ0n) is 13.0. The van der Waals surface area contributed by atoms with Crippen LogP contribution in [0.2, 0.25) is 0 Å². The first kappa shape index (κ1) is 15.8. The number of nitrogens with one attached hydrogen (secondary N) is 1. The zero-order chi connectivity index (χ0) is 15.1. The van der Waals surface area contributed by atoms with Gasteiger partial charge in [0.1, 0.15) is 5.69 Å². The van der Waals surface area contributed by atoms with Crippen LogP contribution in [0, 0.1) is 5.92 Å². The molecule has 5 nitrogen and oxygen atoms in total. The van der Waals surface area contributed by atoms with Crippen molar-refractivity contribution >= 4 is 11.6 Å². The second kappa shape index (κ2) is 7.98. The van der Waals surface area contributed by atoms with Crippen LogP contribution < -0.4 is 5.32 Å². The average molecular weight is 291 g/mol. The van der Waals surface area contributed by atoms with E-state index in [9.17, 15) is 4.79 Å². The van der Waals surface area contributed by atoms with Crippen LogP contribution in [0.1, 0.15) is 36.7 Å². The van der Waals surface area contributed by atoms with Gasteiger partial charge in [-0.1, -0.05) is 6.92 Å². The van der Waals surface area contributed by atoms with Gasteiger partial charge in [-0.3, -0.25) is 9.78 Å². The topological polar surface area (TPSA) is 54.5 Å². The lowest BCUT2D eigenvalue weighted by molar-refractivity contribution is 0.0677. The molecule has 21 heavy (non-hydrogen) atoms. The number of hydrogen-bond donors (Lipinski definition) is 1. The summed E-state index contributed by atoms with van der Waals surface area (Å²) in [5.41, 5.74) is 1.47. The van der Waals surface area contributed by atoms with Gasteiger partial charge < -0.3 is 15.0 Å². The maximum Gasteiger partial charge on any atom is 0.272 e. The molecule has 1 saturated heterocycles. The molecule has 1 N–H and O–H groups in total. The molecule has 2 heterocycles. The Morgan fingerprint density at radius 2 is 2.43 bits per heavy atom. The number of amides is 1. The van der Waals surface area contributed by atoms with Gasteiger partial charge in [-0.15, -0.1) is 0 Å². The van der Waals surface area contributed by atoms with Gasteiger partial charge in [0.2, 0.25) is 0 Å². The first-order valence-corrected chi connectivity index (χ1v) is 7.69. The van der Waals surface area contributed by atoms with Crippen LogP contribution in [0.3, 0.4) is 0 Å². The predicted octanol–water partition coefficient (Wildman–Crippen LogP) is 2.40. The third kappa shape index (κ3) is 4.70. The number of pyridine rings is 1. The Kier molecular flexibility index (Phi) is 5.99. The molecule has 1 unspecified atom stereocenters. The summed E-state index contributed by atoms with van der Waals surface area (Å²) in [7, 11) is 1.70. The summed E-state index contributed by atoms with van der Waals surface area (Å²) in [6.45, 7) is 5.44. The van der Waals surface area contributed by atoms with E-state index >= 15 is 0 Å². The molecule has 1 aliphatic heterocycles. The molecule has 0 aliphatic carbocycles. The molecular formula is C16H25N3O2. The van der Waals surface area contributed by atoms with Crippen molar-refractivity contribution in [3.63, 3.8) is 0 Å². The van der Waals surface area contributed by atoms with Crippen molar-refractivity contribution in [3.8, 4) is 0 Å². The Balaban J connectivity index is 1.94. The summed E-state index contributed by atoms with van der Waals surface area (Å²) < 4.78 is 5.02. The van der Waals surface area contributed by atoms with Crippen molar-refractivity contribution in [2.45, 2.75) is 26.2 Å².